The molecular weight excluding hydrogens is 438 g/mol. The molecule has 6 heteroatoms. The molecule has 2 heterocycles. The van der Waals surface area contributed by atoms with Gasteiger partial charge in [-0.15, -0.1) is 0 Å². The third-order valence-corrected chi connectivity index (χ3v) is 6.45. The fourth-order valence-corrected chi connectivity index (χ4v) is 4.71. The molecule has 0 radical (unpaired) electrons. The summed E-state index contributed by atoms with van der Waals surface area (Å²) in [5.41, 5.74) is 4.19. The molecule has 0 bridgehead atoms. The van der Waals surface area contributed by atoms with Crippen LogP contribution in [0.25, 0.3) is 11.0 Å². The molecule has 1 atom stereocenters. The van der Waals surface area contributed by atoms with E-state index in [2.05, 4.69) is 29.7 Å². The van der Waals surface area contributed by atoms with Gasteiger partial charge in [-0.3, -0.25) is 4.79 Å². The first-order valence-corrected chi connectivity index (χ1v) is 12.3. The number of carbonyl (C=O) groups excluding carboxylic acids is 1. The standard InChI is InChI=1S/C29H31N3O3/c1-3-34-24-15-11-23(12-16-24)32-20-22(19-28(32)33)29-30-26-7-4-5-8-27(26)31(29)17-6-18-35-25-13-9-21(2)10-14-25/h4-5,7-16,22H,3,6,17-20H2,1-2H3/t22-/m0/s1. The SMILES string of the molecule is CCOc1ccc(N2C[C@@H](c3nc4ccccc4n3CCCOc3ccc(C)cc3)CC2=O)cc1. The smallest absolute Gasteiger partial charge is 0.227 e. The van der Waals surface area contributed by atoms with Gasteiger partial charge in [0, 0.05) is 31.1 Å². The molecule has 0 unspecified atom stereocenters. The normalized spacial score (nSPS) is 15.7. The Morgan fingerprint density at radius 2 is 1.66 bits per heavy atom. The van der Waals surface area contributed by atoms with Crippen LogP contribution in [0.1, 0.15) is 37.1 Å². The highest BCUT2D eigenvalue weighted by molar-refractivity contribution is 5.96. The quantitative estimate of drug-likeness (QED) is 0.294. The molecule has 1 aliphatic rings. The van der Waals surface area contributed by atoms with Gasteiger partial charge in [0.2, 0.25) is 5.91 Å². The minimum absolute atomic E-state index is 0.0412. The number of aromatic nitrogens is 2. The lowest BCUT2D eigenvalue weighted by atomic mass is 10.1. The van der Waals surface area contributed by atoms with Gasteiger partial charge >= 0.3 is 0 Å². The number of hydrogen-bond donors (Lipinski definition) is 0. The summed E-state index contributed by atoms with van der Waals surface area (Å²) < 4.78 is 13.8. The van der Waals surface area contributed by atoms with Gasteiger partial charge in [0.15, 0.2) is 0 Å². The number of fused-ring (bicyclic) bond motifs is 1. The maximum absolute atomic E-state index is 13.0. The highest BCUT2D eigenvalue weighted by Crippen LogP contribution is 2.34. The van der Waals surface area contributed by atoms with E-state index in [1.165, 1.54) is 5.56 Å². The fraction of sp³-hybridized carbons (Fsp3) is 0.310. The Morgan fingerprint density at radius 3 is 2.43 bits per heavy atom. The zero-order valence-corrected chi connectivity index (χ0v) is 20.3. The Labute approximate surface area is 206 Å². The molecule has 0 N–H and O–H groups in total. The van der Waals surface area contributed by atoms with Gasteiger partial charge in [-0.1, -0.05) is 29.8 Å². The number of amides is 1. The number of para-hydroxylation sites is 2. The predicted molar refractivity (Wildman–Crippen MR) is 138 cm³/mol. The lowest BCUT2D eigenvalue weighted by molar-refractivity contribution is -0.117. The number of anilines is 1. The second-order valence-corrected chi connectivity index (χ2v) is 8.96. The molecule has 6 nitrogen and oxygen atoms in total. The van der Waals surface area contributed by atoms with Crippen LogP contribution in [0.15, 0.2) is 72.8 Å². The first kappa shape index (κ1) is 23.0. The second kappa shape index (κ2) is 10.2. The minimum atomic E-state index is 0.0412. The average Bonchev–Trinajstić information content (AvgIpc) is 3.44. The van der Waals surface area contributed by atoms with Crippen LogP contribution < -0.4 is 14.4 Å². The van der Waals surface area contributed by atoms with E-state index < -0.39 is 0 Å². The molecule has 1 aromatic heterocycles. The van der Waals surface area contributed by atoms with Crippen molar-refractivity contribution in [1.29, 1.82) is 0 Å². The zero-order valence-electron chi connectivity index (χ0n) is 20.3. The Kier molecular flexibility index (Phi) is 6.70. The fourth-order valence-electron chi connectivity index (χ4n) is 4.71. The van der Waals surface area contributed by atoms with E-state index in [0.29, 0.717) is 26.2 Å². The van der Waals surface area contributed by atoms with Crippen molar-refractivity contribution in [2.24, 2.45) is 0 Å². The minimum Gasteiger partial charge on any atom is -0.494 e. The molecule has 1 saturated heterocycles. The maximum Gasteiger partial charge on any atom is 0.227 e. The first-order valence-electron chi connectivity index (χ1n) is 12.3. The summed E-state index contributed by atoms with van der Waals surface area (Å²) in [4.78, 5) is 19.8. The van der Waals surface area contributed by atoms with E-state index in [1.54, 1.807) is 0 Å². The average molecular weight is 470 g/mol. The van der Waals surface area contributed by atoms with Gasteiger partial charge in [0.05, 0.1) is 24.2 Å². The van der Waals surface area contributed by atoms with Crippen molar-refractivity contribution in [3.8, 4) is 11.5 Å². The van der Waals surface area contributed by atoms with Crippen LogP contribution in [-0.2, 0) is 11.3 Å². The van der Waals surface area contributed by atoms with Crippen LogP contribution >= 0.6 is 0 Å². The van der Waals surface area contributed by atoms with Crippen LogP contribution in [0.4, 0.5) is 5.69 Å². The molecule has 1 fully saturated rings. The monoisotopic (exact) mass is 469 g/mol. The lowest BCUT2D eigenvalue weighted by Crippen LogP contribution is -2.24. The van der Waals surface area contributed by atoms with Crippen molar-refractivity contribution in [3.63, 3.8) is 0 Å². The van der Waals surface area contributed by atoms with Crippen LogP contribution in [0.5, 0.6) is 11.5 Å². The summed E-state index contributed by atoms with van der Waals surface area (Å²) >= 11 is 0. The Balaban J connectivity index is 1.32. The number of ether oxygens (including phenoxy) is 2. The number of imidazole rings is 1. The number of hydrogen-bond acceptors (Lipinski definition) is 4. The number of benzene rings is 3. The molecule has 0 saturated carbocycles. The zero-order chi connectivity index (χ0) is 24.2. The van der Waals surface area contributed by atoms with Crippen LogP contribution in [0.3, 0.4) is 0 Å². The molecule has 0 aliphatic carbocycles. The van der Waals surface area contributed by atoms with E-state index in [-0.39, 0.29) is 11.8 Å². The largest absolute Gasteiger partial charge is 0.494 e. The van der Waals surface area contributed by atoms with Gasteiger partial charge in [0.25, 0.3) is 0 Å². The van der Waals surface area contributed by atoms with Crippen molar-refractivity contribution in [2.45, 2.75) is 39.2 Å². The highest BCUT2D eigenvalue weighted by atomic mass is 16.5. The van der Waals surface area contributed by atoms with Crippen molar-refractivity contribution >= 4 is 22.6 Å². The summed E-state index contributed by atoms with van der Waals surface area (Å²) in [7, 11) is 0. The maximum atomic E-state index is 13.0. The highest BCUT2D eigenvalue weighted by Gasteiger charge is 2.34. The van der Waals surface area contributed by atoms with Crippen LogP contribution in [-0.4, -0.2) is 35.2 Å². The summed E-state index contributed by atoms with van der Waals surface area (Å²) in [5, 5.41) is 0. The van der Waals surface area contributed by atoms with Crippen LogP contribution in [0, 0.1) is 6.92 Å². The van der Waals surface area contributed by atoms with E-state index in [0.717, 1.165) is 47.0 Å². The van der Waals surface area contributed by atoms with Crippen molar-refractivity contribution in [3.05, 3.63) is 84.2 Å². The van der Waals surface area contributed by atoms with E-state index >= 15 is 0 Å². The molecule has 0 spiro atoms. The lowest BCUT2D eigenvalue weighted by Gasteiger charge is -2.18. The van der Waals surface area contributed by atoms with Crippen molar-refractivity contribution in [2.75, 3.05) is 24.7 Å². The number of carbonyl (C=O) groups is 1. The molecule has 5 rings (SSSR count). The summed E-state index contributed by atoms with van der Waals surface area (Å²) in [6, 6.07) is 24.1. The molecule has 3 aromatic carbocycles. The molecule has 35 heavy (non-hydrogen) atoms. The van der Waals surface area contributed by atoms with Gasteiger partial charge in [-0.2, -0.15) is 0 Å². The van der Waals surface area contributed by atoms with Gasteiger partial charge in [-0.25, -0.2) is 4.98 Å². The van der Waals surface area contributed by atoms with Crippen molar-refractivity contribution in [1.82, 2.24) is 9.55 Å². The summed E-state index contributed by atoms with van der Waals surface area (Å²) in [5.74, 6) is 2.84. The van der Waals surface area contributed by atoms with E-state index in [9.17, 15) is 4.79 Å². The molecular formula is C29H31N3O3. The molecule has 1 aliphatic heterocycles. The Hall–Kier alpha value is -3.80. The molecule has 4 aromatic rings. The third-order valence-electron chi connectivity index (χ3n) is 6.45. The van der Waals surface area contributed by atoms with E-state index in [1.807, 2.05) is 66.4 Å². The van der Waals surface area contributed by atoms with Gasteiger partial charge in [0.1, 0.15) is 17.3 Å². The van der Waals surface area contributed by atoms with Gasteiger partial charge in [-0.05, 0) is 68.8 Å². The third kappa shape index (κ3) is 5.02. The number of rotatable bonds is 9. The number of nitrogens with zero attached hydrogens (tertiary/aromatic N) is 3. The number of aryl methyl sites for hydroxylation is 2. The van der Waals surface area contributed by atoms with Gasteiger partial charge < -0.3 is 18.9 Å². The van der Waals surface area contributed by atoms with Crippen molar-refractivity contribution < 1.29 is 14.3 Å². The predicted octanol–water partition coefficient (Wildman–Crippen LogP) is 5.73. The topological polar surface area (TPSA) is 56.6 Å². The summed E-state index contributed by atoms with van der Waals surface area (Å²) in [6.07, 6.45) is 1.31. The first-order chi connectivity index (χ1) is 17.1. The molecule has 1 amide bonds. The summed E-state index contributed by atoms with van der Waals surface area (Å²) in [6.45, 7) is 6.68. The van der Waals surface area contributed by atoms with Crippen LogP contribution in [0.2, 0.25) is 0 Å². The van der Waals surface area contributed by atoms with E-state index in [4.69, 9.17) is 14.5 Å². The molecule has 180 valence electrons. The Morgan fingerprint density at radius 1 is 0.943 bits per heavy atom. The second-order valence-electron chi connectivity index (χ2n) is 8.96. The Bertz CT molecular complexity index is 1300.